The number of hydrogen-bond donors (Lipinski definition) is 0. The zero-order valence-corrected chi connectivity index (χ0v) is 14.3. The Hall–Kier alpha value is -2.53. The predicted molar refractivity (Wildman–Crippen MR) is 85.3 cm³/mol. The average Bonchev–Trinajstić information content (AvgIpc) is 3.18. The monoisotopic (exact) mass is 368 g/mol. The van der Waals surface area contributed by atoms with Crippen LogP contribution >= 0.6 is 11.3 Å². The van der Waals surface area contributed by atoms with E-state index in [1.54, 1.807) is 0 Å². The van der Waals surface area contributed by atoms with Crippen LogP contribution in [0.3, 0.4) is 0 Å². The minimum atomic E-state index is -3.77. The molecule has 0 saturated heterocycles. The summed E-state index contributed by atoms with van der Waals surface area (Å²) in [5.41, 5.74) is 0.915. The summed E-state index contributed by atoms with van der Waals surface area (Å²) in [4.78, 5) is 16.2. The maximum absolute atomic E-state index is 12.1. The van der Waals surface area contributed by atoms with Gasteiger partial charge in [0.05, 0.1) is 11.3 Å². The van der Waals surface area contributed by atoms with Crippen molar-refractivity contribution < 1.29 is 22.5 Å². The number of hydrogen-bond acceptors (Lipinski definition) is 8. The fourth-order valence-corrected chi connectivity index (χ4v) is 3.30. The van der Waals surface area contributed by atoms with E-state index in [1.165, 1.54) is 25.3 Å². The third-order valence-corrected chi connectivity index (χ3v) is 5.13. The SMILES string of the molecule is CC1=NS(=O)(=O)N(C)C=C1C(=O)OCc1nc(-c2ccsc2)no1. The second-order valence-corrected chi connectivity index (χ2v) is 7.25. The Morgan fingerprint density at radius 3 is 2.96 bits per heavy atom. The van der Waals surface area contributed by atoms with Gasteiger partial charge in [0.2, 0.25) is 5.82 Å². The van der Waals surface area contributed by atoms with Gasteiger partial charge >= 0.3 is 16.2 Å². The fraction of sp³-hybridized carbons (Fsp3) is 0.231. The molecule has 0 spiro atoms. The molecule has 0 saturated carbocycles. The number of aromatic nitrogens is 2. The van der Waals surface area contributed by atoms with Crippen LogP contribution in [0.5, 0.6) is 0 Å². The Balaban J connectivity index is 1.67. The lowest BCUT2D eigenvalue weighted by molar-refractivity contribution is -0.140. The van der Waals surface area contributed by atoms with E-state index >= 15 is 0 Å². The quantitative estimate of drug-likeness (QED) is 0.749. The van der Waals surface area contributed by atoms with Crippen molar-refractivity contribution in [3.05, 3.63) is 34.5 Å². The van der Waals surface area contributed by atoms with Gasteiger partial charge in [-0.25, -0.2) is 4.79 Å². The van der Waals surface area contributed by atoms with Crippen molar-refractivity contribution in [1.29, 1.82) is 0 Å². The molecule has 2 aromatic heterocycles. The number of ether oxygens (including phenoxy) is 1. The summed E-state index contributed by atoms with van der Waals surface area (Å²) in [6.45, 7) is 1.19. The van der Waals surface area contributed by atoms with Crippen molar-refractivity contribution in [3.63, 3.8) is 0 Å². The van der Waals surface area contributed by atoms with E-state index in [4.69, 9.17) is 9.26 Å². The number of esters is 1. The molecule has 3 heterocycles. The third-order valence-electron chi connectivity index (χ3n) is 3.11. The molecular formula is C13H12N4O5S2. The molecule has 2 aromatic rings. The second-order valence-electron chi connectivity index (χ2n) is 4.81. The summed E-state index contributed by atoms with van der Waals surface area (Å²) in [5, 5.41) is 7.55. The van der Waals surface area contributed by atoms with Crippen LogP contribution in [0.2, 0.25) is 0 Å². The van der Waals surface area contributed by atoms with Gasteiger partial charge in [0.1, 0.15) is 0 Å². The number of rotatable bonds is 4. The first-order valence-electron chi connectivity index (χ1n) is 6.66. The summed E-state index contributed by atoms with van der Waals surface area (Å²) in [7, 11) is -2.49. The summed E-state index contributed by atoms with van der Waals surface area (Å²) in [6.07, 6.45) is 1.16. The van der Waals surface area contributed by atoms with Gasteiger partial charge < -0.3 is 9.26 Å². The van der Waals surface area contributed by atoms with E-state index in [1.807, 2.05) is 16.8 Å². The Morgan fingerprint density at radius 1 is 1.46 bits per heavy atom. The topological polar surface area (TPSA) is 115 Å². The Morgan fingerprint density at radius 2 is 2.25 bits per heavy atom. The van der Waals surface area contributed by atoms with Gasteiger partial charge in [-0.2, -0.15) is 24.7 Å². The van der Waals surface area contributed by atoms with Gasteiger partial charge in [0.15, 0.2) is 6.61 Å². The first-order valence-corrected chi connectivity index (χ1v) is 9.00. The molecule has 126 valence electrons. The van der Waals surface area contributed by atoms with Crippen molar-refractivity contribution in [3.8, 4) is 11.4 Å². The molecule has 0 aliphatic carbocycles. The molecule has 1 aliphatic heterocycles. The van der Waals surface area contributed by atoms with Gasteiger partial charge in [-0.1, -0.05) is 5.16 Å². The van der Waals surface area contributed by atoms with Crippen LogP contribution in [0, 0.1) is 0 Å². The lowest BCUT2D eigenvalue weighted by Gasteiger charge is -2.18. The molecule has 0 N–H and O–H groups in total. The van der Waals surface area contributed by atoms with Gasteiger partial charge in [0.25, 0.3) is 5.89 Å². The molecule has 0 unspecified atom stereocenters. The van der Waals surface area contributed by atoms with Crippen LogP contribution in [0.4, 0.5) is 0 Å². The Labute approximate surface area is 141 Å². The summed E-state index contributed by atoms with van der Waals surface area (Å²) in [5.74, 6) is -0.187. The van der Waals surface area contributed by atoms with E-state index in [0.717, 1.165) is 16.1 Å². The van der Waals surface area contributed by atoms with Crippen LogP contribution < -0.4 is 0 Å². The number of thiophene rings is 1. The zero-order chi connectivity index (χ0) is 17.3. The van der Waals surface area contributed by atoms with E-state index in [2.05, 4.69) is 14.5 Å². The maximum Gasteiger partial charge on any atom is 0.344 e. The zero-order valence-electron chi connectivity index (χ0n) is 12.7. The minimum absolute atomic E-state index is 0.0462. The van der Waals surface area contributed by atoms with Crippen molar-refractivity contribution in [2.75, 3.05) is 7.05 Å². The highest BCUT2D eigenvalue weighted by molar-refractivity contribution is 7.88. The minimum Gasteiger partial charge on any atom is -0.452 e. The van der Waals surface area contributed by atoms with Crippen LogP contribution in [0.25, 0.3) is 11.4 Å². The van der Waals surface area contributed by atoms with Crippen LogP contribution in [0.15, 0.2) is 37.5 Å². The smallest absolute Gasteiger partial charge is 0.344 e. The van der Waals surface area contributed by atoms with E-state index in [-0.39, 0.29) is 23.8 Å². The van der Waals surface area contributed by atoms with Crippen LogP contribution in [-0.2, 0) is 26.3 Å². The second kappa shape index (κ2) is 6.17. The number of carbonyl (C=O) groups is 1. The van der Waals surface area contributed by atoms with Gasteiger partial charge in [-0.3, -0.25) is 4.31 Å². The molecule has 0 aromatic carbocycles. The highest BCUT2D eigenvalue weighted by Crippen LogP contribution is 2.19. The molecule has 0 bridgehead atoms. The average molecular weight is 368 g/mol. The van der Waals surface area contributed by atoms with E-state index < -0.39 is 16.2 Å². The highest BCUT2D eigenvalue weighted by Gasteiger charge is 2.26. The maximum atomic E-state index is 12.1. The van der Waals surface area contributed by atoms with Gasteiger partial charge in [-0.05, 0) is 18.4 Å². The van der Waals surface area contributed by atoms with Crippen molar-refractivity contribution in [1.82, 2.24) is 14.4 Å². The predicted octanol–water partition coefficient (Wildman–Crippen LogP) is 1.38. The van der Waals surface area contributed by atoms with Crippen molar-refractivity contribution in [2.24, 2.45) is 4.40 Å². The number of carbonyl (C=O) groups excluding carboxylic acids is 1. The molecule has 0 radical (unpaired) electrons. The van der Waals surface area contributed by atoms with Crippen LogP contribution in [0.1, 0.15) is 12.8 Å². The third kappa shape index (κ3) is 3.21. The van der Waals surface area contributed by atoms with Gasteiger partial charge in [0, 0.05) is 24.2 Å². The summed E-state index contributed by atoms with van der Waals surface area (Å²) >= 11 is 1.50. The molecule has 3 rings (SSSR count). The lowest BCUT2D eigenvalue weighted by atomic mass is 10.2. The number of nitrogens with zero attached hydrogens (tertiary/aromatic N) is 4. The van der Waals surface area contributed by atoms with E-state index in [9.17, 15) is 13.2 Å². The molecule has 0 fully saturated rings. The molecule has 1 aliphatic rings. The largest absolute Gasteiger partial charge is 0.452 e. The highest BCUT2D eigenvalue weighted by atomic mass is 32.2. The first kappa shape index (κ1) is 16.3. The molecule has 24 heavy (non-hydrogen) atoms. The Bertz CT molecular complexity index is 927. The lowest BCUT2D eigenvalue weighted by Crippen LogP contribution is -2.29. The molecule has 11 heteroatoms. The molecular weight excluding hydrogens is 356 g/mol. The van der Waals surface area contributed by atoms with Crippen LogP contribution in [-0.4, -0.2) is 41.6 Å². The summed E-state index contributed by atoms with van der Waals surface area (Å²) < 4.78 is 37.6. The summed E-state index contributed by atoms with van der Waals surface area (Å²) in [6, 6.07) is 1.84. The van der Waals surface area contributed by atoms with E-state index in [0.29, 0.717) is 5.82 Å². The van der Waals surface area contributed by atoms with Crippen molar-refractivity contribution >= 4 is 33.2 Å². The Kier molecular flexibility index (Phi) is 4.20. The molecule has 9 nitrogen and oxygen atoms in total. The first-order chi connectivity index (χ1) is 11.4. The van der Waals surface area contributed by atoms with Crippen molar-refractivity contribution in [2.45, 2.75) is 13.5 Å². The molecule has 0 atom stereocenters. The molecule has 0 amide bonds. The van der Waals surface area contributed by atoms with Gasteiger partial charge in [-0.15, -0.1) is 4.40 Å². The normalized spacial score (nSPS) is 16.5. The standard InChI is InChI=1S/C13H12N4O5S2/c1-8-10(5-17(2)24(19,20)16-8)13(18)21-6-11-14-12(15-22-11)9-3-4-23-7-9/h3-5,7H,6H2,1-2H3. The fourth-order valence-electron chi connectivity index (χ4n) is 1.86.